The molecule has 1 atom stereocenters. The standard InChI is InChI=1S/C17H18O3S/c1-12(18)15-4-3-5-16(10-15)21-11-13-6-8-14(9-7-13)17(19)20-2/h3-10,12,18H,11H2,1-2H3. The molecule has 2 aromatic carbocycles. The average molecular weight is 302 g/mol. The normalized spacial score (nSPS) is 12.0. The van der Waals surface area contributed by atoms with Crippen molar-refractivity contribution in [2.45, 2.75) is 23.7 Å². The van der Waals surface area contributed by atoms with Gasteiger partial charge in [-0.3, -0.25) is 0 Å². The van der Waals surface area contributed by atoms with Gasteiger partial charge in [-0.25, -0.2) is 4.79 Å². The summed E-state index contributed by atoms with van der Waals surface area (Å²) in [7, 11) is 1.38. The van der Waals surface area contributed by atoms with Crippen LogP contribution in [-0.2, 0) is 10.5 Å². The Bertz CT molecular complexity index is 606. The minimum Gasteiger partial charge on any atom is -0.465 e. The second kappa shape index (κ2) is 7.29. The number of aliphatic hydroxyl groups is 1. The molecule has 4 heteroatoms. The first kappa shape index (κ1) is 15.6. The summed E-state index contributed by atoms with van der Waals surface area (Å²) in [4.78, 5) is 12.5. The lowest BCUT2D eigenvalue weighted by molar-refractivity contribution is 0.0600. The first-order valence-electron chi connectivity index (χ1n) is 6.68. The van der Waals surface area contributed by atoms with E-state index >= 15 is 0 Å². The van der Waals surface area contributed by atoms with E-state index in [1.807, 2.05) is 36.4 Å². The van der Waals surface area contributed by atoms with Crippen molar-refractivity contribution in [2.75, 3.05) is 7.11 Å². The number of ether oxygens (including phenoxy) is 1. The van der Waals surface area contributed by atoms with Gasteiger partial charge >= 0.3 is 5.97 Å². The van der Waals surface area contributed by atoms with Crippen LogP contribution in [-0.4, -0.2) is 18.2 Å². The smallest absolute Gasteiger partial charge is 0.337 e. The van der Waals surface area contributed by atoms with Crippen molar-refractivity contribution < 1.29 is 14.6 Å². The van der Waals surface area contributed by atoms with Gasteiger partial charge in [-0.05, 0) is 42.3 Å². The van der Waals surface area contributed by atoms with E-state index in [-0.39, 0.29) is 5.97 Å². The number of benzene rings is 2. The lowest BCUT2D eigenvalue weighted by Crippen LogP contribution is -2.00. The van der Waals surface area contributed by atoms with Crippen LogP contribution in [0.15, 0.2) is 53.4 Å². The topological polar surface area (TPSA) is 46.5 Å². The summed E-state index contributed by atoms with van der Waals surface area (Å²) < 4.78 is 4.67. The number of carbonyl (C=O) groups excluding carboxylic acids is 1. The Hall–Kier alpha value is -1.78. The third-order valence-corrected chi connectivity index (χ3v) is 4.19. The molecular formula is C17H18O3S. The predicted molar refractivity (Wildman–Crippen MR) is 84.4 cm³/mol. The summed E-state index contributed by atoms with van der Waals surface area (Å²) >= 11 is 1.70. The number of methoxy groups -OCH3 is 1. The second-order valence-corrected chi connectivity index (χ2v) is 5.77. The van der Waals surface area contributed by atoms with Crippen LogP contribution in [0.5, 0.6) is 0 Å². The fourth-order valence-electron chi connectivity index (χ4n) is 1.89. The maximum absolute atomic E-state index is 11.4. The van der Waals surface area contributed by atoms with Crippen LogP contribution in [0.25, 0.3) is 0 Å². The molecule has 0 fully saturated rings. The number of hydrogen-bond acceptors (Lipinski definition) is 4. The molecule has 0 aliphatic carbocycles. The van der Waals surface area contributed by atoms with Gasteiger partial charge in [-0.15, -0.1) is 11.8 Å². The van der Waals surface area contributed by atoms with Crippen molar-refractivity contribution in [2.24, 2.45) is 0 Å². The third kappa shape index (κ3) is 4.34. The zero-order valence-corrected chi connectivity index (χ0v) is 12.9. The summed E-state index contributed by atoms with van der Waals surface area (Å²) in [6, 6.07) is 15.3. The van der Waals surface area contributed by atoms with Crippen molar-refractivity contribution in [3.05, 3.63) is 65.2 Å². The van der Waals surface area contributed by atoms with Crippen molar-refractivity contribution in [3.8, 4) is 0 Å². The van der Waals surface area contributed by atoms with Crippen molar-refractivity contribution >= 4 is 17.7 Å². The Morgan fingerprint density at radius 1 is 1.24 bits per heavy atom. The van der Waals surface area contributed by atoms with Crippen LogP contribution in [0.1, 0.15) is 34.5 Å². The molecule has 0 radical (unpaired) electrons. The summed E-state index contributed by atoms with van der Waals surface area (Å²) in [5.41, 5.74) is 2.61. The van der Waals surface area contributed by atoms with Gasteiger partial charge in [-0.2, -0.15) is 0 Å². The molecule has 2 aromatic rings. The van der Waals surface area contributed by atoms with E-state index < -0.39 is 6.10 Å². The van der Waals surface area contributed by atoms with Gasteiger partial charge in [0.1, 0.15) is 0 Å². The van der Waals surface area contributed by atoms with Crippen LogP contribution < -0.4 is 0 Å². The number of esters is 1. The molecule has 1 unspecified atom stereocenters. The molecule has 0 saturated carbocycles. The van der Waals surface area contributed by atoms with Crippen molar-refractivity contribution in [1.82, 2.24) is 0 Å². The van der Waals surface area contributed by atoms with E-state index in [0.717, 1.165) is 21.8 Å². The van der Waals surface area contributed by atoms with Crippen LogP contribution in [0, 0.1) is 0 Å². The van der Waals surface area contributed by atoms with Gasteiger partial charge < -0.3 is 9.84 Å². The van der Waals surface area contributed by atoms with E-state index in [1.165, 1.54) is 7.11 Å². The van der Waals surface area contributed by atoms with Gasteiger partial charge in [0.25, 0.3) is 0 Å². The van der Waals surface area contributed by atoms with E-state index in [9.17, 15) is 9.90 Å². The Labute approximate surface area is 129 Å². The molecule has 3 nitrogen and oxygen atoms in total. The fraction of sp³-hybridized carbons (Fsp3) is 0.235. The maximum Gasteiger partial charge on any atom is 0.337 e. The molecule has 0 bridgehead atoms. The number of rotatable bonds is 5. The summed E-state index contributed by atoms with van der Waals surface area (Å²) in [6.45, 7) is 1.76. The molecule has 0 amide bonds. The Kier molecular flexibility index (Phi) is 5.42. The highest BCUT2D eigenvalue weighted by atomic mass is 32.2. The molecule has 1 N–H and O–H groups in total. The largest absolute Gasteiger partial charge is 0.465 e. The minimum atomic E-state index is -0.454. The highest BCUT2D eigenvalue weighted by Crippen LogP contribution is 2.25. The maximum atomic E-state index is 11.4. The minimum absolute atomic E-state index is 0.321. The van der Waals surface area contributed by atoms with Gasteiger partial charge in [0.15, 0.2) is 0 Å². The van der Waals surface area contributed by atoms with Gasteiger partial charge in [0.05, 0.1) is 18.8 Å². The predicted octanol–water partition coefficient (Wildman–Crippen LogP) is 3.82. The molecule has 0 aliphatic heterocycles. The van der Waals surface area contributed by atoms with Crippen LogP contribution in [0.2, 0.25) is 0 Å². The Morgan fingerprint density at radius 2 is 1.95 bits per heavy atom. The summed E-state index contributed by atoms with van der Waals surface area (Å²) in [5, 5.41) is 9.59. The lowest BCUT2D eigenvalue weighted by atomic mass is 10.1. The molecule has 0 saturated heterocycles. The highest BCUT2D eigenvalue weighted by molar-refractivity contribution is 7.98. The first-order chi connectivity index (χ1) is 10.1. The van der Waals surface area contributed by atoms with Crippen molar-refractivity contribution in [1.29, 1.82) is 0 Å². The van der Waals surface area contributed by atoms with Gasteiger partial charge in [0, 0.05) is 10.6 Å². The molecule has 0 spiro atoms. The van der Waals surface area contributed by atoms with E-state index in [0.29, 0.717) is 5.56 Å². The van der Waals surface area contributed by atoms with E-state index in [2.05, 4.69) is 4.74 Å². The molecule has 0 aliphatic rings. The number of aliphatic hydroxyl groups excluding tert-OH is 1. The molecule has 110 valence electrons. The monoisotopic (exact) mass is 302 g/mol. The molecular weight excluding hydrogens is 284 g/mol. The molecule has 0 heterocycles. The third-order valence-electron chi connectivity index (χ3n) is 3.12. The molecule has 21 heavy (non-hydrogen) atoms. The lowest BCUT2D eigenvalue weighted by Gasteiger charge is -2.07. The summed E-state index contributed by atoms with van der Waals surface area (Å²) in [6.07, 6.45) is -0.454. The van der Waals surface area contributed by atoms with Crippen LogP contribution >= 0.6 is 11.8 Å². The van der Waals surface area contributed by atoms with E-state index in [4.69, 9.17) is 0 Å². The van der Waals surface area contributed by atoms with Crippen LogP contribution in [0.3, 0.4) is 0 Å². The average Bonchev–Trinajstić information content (AvgIpc) is 2.53. The SMILES string of the molecule is COC(=O)c1ccc(CSc2cccc(C(C)O)c2)cc1. The Balaban J connectivity index is 2.00. The Morgan fingerprint density at radius 3 is 2.57 bits per heavy atom. The summed E-state index contributed by atoms with van der Waals surface area (Å²) in [5.74, 6) is 0.490. The second-order valence-electron chi connectivity index (χ2n) is 4.73. The zero-order valence-electron chi connectivity index (χ0n) is 12.1. The number of thioether (sulfide) groups is 1. The molecule has 0 aromatic heterocycles. The van der Waals surface area contributed by atoms with Gasteiger partial charge in [0.2, 0.25) is 0 Å². The van der Waals surface area contributed by atoms with Crippen molar-refractivity contribution in [3.63, 3.8) is 0 Å². The zero-order chi connectivity index (χ0) is 15.2. The quantitative estimate of drug-likeness (QED) is 0.674. The fourth-order valence-corrected chi connectivity index (χ4v) is 2.81. The first-order valence-corrected chi connectivity index (χ1v) is 7.67. The number of hydrogen-bond donors (Lipinski definition) is 1. The number of carbonyl (C=O) groups is 1. The highest BCUT2D eigenvalue weighted by Gasteiger charge is 2.05. The molecule has 2 rings (SSSR count). The van der Waals surface area contributed by atoms with Crippen LogP contribution in [0.4, 0.5) is 0 Å². The van der Waals surface area contributed by atoms with Gasteiger partial charge in [-0.1, -0.05) is 24.3 Å². The van der Waals surface area contributed by atoms with E-state index in [1.54, 1.807) is 30.8 Å².